The van der Waals surface area contributed by atoms with Crippen molar-refractivity contribution in [3.05, 3.63) is 18.0 Å². The molecule has 0 spiro atoms. The summed E-state index contributed by atoms with van der Waals surface area (Å²) in [5.74, 6) is 0. The van der Waals surface area contributed by atoms with Crippen molar-refractivity contribution in [1.82, 2.24) is 9.78 Å². The highest BCUT2D eigenvalue weighted by atomic mass is 32.2. The van der Waals surface area contributed by atoms with E-state index in [0.717, 1.165) is 5.69 Å². The van der Waals surface area contributed by atoms with Gasteiger partial charge in [0.1, 0.15) is 0 Å². The molecule has 0 unspecified atom stereocenters. The molecule has 0 radical (unpaired) electrons. The van der Waals surface area contributed by atoms with E-state index < -0.39 is 15.3 Å². The average Bonchev–Trinajstić information content (AvgIpc) is 2.47. The minimum atomic E-state index is -3.50. The van der Waals surface area contributed by atoms with Crippen molar-refractivity contribution in [2.75, 3.05) is 0 Å². The molecular weight excluding hydrogens is 202 g/mol. The minimum absolute atomic E-state index is 0.251. The number of nitrogens with zero attached hydrogens (tertiary/aromatic N) is 2. The van der Waals surface area contributed by atoms with Crippen molar-refractivity contribution < 1.29 is 8.42 Å². The lowest BCUT2D eigenvalue weighted by Gasteiger charge is -2.18. The molecule has 0 aromatic carbocycles. The second-order valence-corrected chi connectivity index (χ2v) is 5.39. The first-order chi connectivity index (χ1) is 6.32. The molecule has 1 aromatic rings. The van der Waals surface area contributed by atoms with Gasteiger partial charge in [0.15, 0.2) is 0 Å². The van der Waals surface area contributed by atoms with Crippen molar-refractivity contribution in [1.29, 1.82) is 0 Å². The van der Waals surface area contributed by atoms with Gasteiger partial charge < -0.3 is 0 Å². The molecule has 5 nitrogen and oxygen atoms in total. The maximum absolute atomic E-state index is 11.1. The molecular formula is C8H15N3O2S. The topological polar surface area (TPSA) is 78.0 Å². The number of primary sulfonamides is 1. The summed E-state index contributed by atoms with van der Waals surface area (Å²) in [5, 5.41) is 8.56. The number of nitrogens with two attached hydrogens (primary N) is 1. The number of sulfonamides is 1. The van der Waals surface area contributed by atoms with Crippen LogP contribution in [0.1, 0.15) is 25.6 Å². The largest absolute Gasteiger partial charge is 0.268 e. The van der Waals surface area contributed by atoms with Gasteiger partial charge in [0.05, 0.1) is 17.0 Å². The molecule has 1 heterocycles. The Morgan fingerprint density at radius 1 is 1.50 bits per heavy atom. The smallest absolute Gasteiger partial charge is 0.213 e. The first kappa shape index (κ1) is 11.2. The summed E-state index contributed by atoms with van der Waals surface area (Å²) < 4.78 is 23.8. The summed E-state index contributed by atoms with van der Waals surface area (Å²) >= 11 is 0. The number of rotatable bonds is 3. The van der Waals surface area contributed by atoms with Crippen LogP contribution < -0.4 is 5.14 Å². The van der Waals surface area contributed by atoms with Crippen LogP contribution in [0.15, 0.2) is 12.3 Å². The third kappa shape index (κ3) is 2.33. The molecule has 0 aliphatic rings. The van der Waals surface area contributed by atoms with Crippen molar-refractivity contribution in [3.8, 4) is 0 Å². The molecule has 1 aromatic heterocycles. The van der Waals surface area contributed by atoms with E-state index >= 15 is 0 Å². The summed E-state index contributed by atoms with van der Waals surface area (Å²) in [5.41, 5.74) is 0.860. The Kier molecular flexibility index (Phi) is 2.96. The van der Waals surface area contributed by atoms with Crippen LogP contribution in [0, 0.1) is 6.92 Å². The highest BCUT2D eigenvalue weighted by Crippen LogP contribution is 2.15. The van der Waals surface area contributed by atoms with Crippen LogP contribution in [0.25, 0.3) is 0 Å². The summed E-state index contributed by atoms with van der Waals surface area (Å²) in [6.07, 6.45) is 1.75. The van der Waals surface area contributed by atoms with Crippen LogP contribution in [-0.2, 0) is 10.0 Å². The zero-order chi connectivity index (χ0) is 10.9. The third-order valence-electron chi connectivity index (χ3n) is 2.36. The predicted octanol–water partition coefficient (Wildman–Crippen LogP) is 0.430. The molecule has 2 atom stereocenters. The van der Waals surface area contributed by atoms with Gasteiger partial charge in [-0.15, -0.1) is 0 Å². The number of hydrogen-bond donors (Lipinski definition) is 1. The molecule has 1 rings (SSSR count). The van der Waals surface area contributed by atoms with Crippen LogP contribution >= 0.6 is 0 Å². The van der Waals surface area contributed by atoms with Crippen LogP contribution in [-0.4, -0.2) is 23.4 Å². The van der Waals surface area contributed by atoms with E-state index in [2.05, 4.69) is 5.10 Å². The quantitative estimate of drug-likeness (QED) is 0.797. The summed E-state index contributed by atoms with van der Waals surface area (Å²) in [6.45, 7) is 5.21. The number of aryl methyl sites for hydroxylation is 1. The highest BCUT2D eigenvalue weighted by molar-refractivity contribution is 7.89. The van der Waals surface area contributed by atoms with Gasteiger partial charge in [-0.25, -0.2) is 13.6 Å². The fourth-order valence-corrected chi connectivity index (χ4v) is 1.82. The van der Waals surface area contributed by atoms with Crippen molar-refractivity contribution in [2.45, 2.75) is 32.1 Å². The highest BCUT2D eigenvalue weighted by Gasteiger charge is 2.24. The van der Waals surface area contributed by atoms with Gasteiger partial charge in [-0.2, -0.15) is 5.10 Å². The maximum Gasteiger partial charge on any atom is 0.213 e. The average molecular weight is 217 g/mol. The van der Waals surface area contributed by atoms with Crippen molar-refractivity contribution in [3.63, 3.8) is 0 Å². The second kappa shape index (κ2) is 3.70. The van der Waals surface area contributed by atoms with Crippen molar-refractivity contribution in [2.24, 2.45) is 5.14 Å². The standard InChI is InChI=1S/C8H15N3O2S/c1-6-4-5-11(10-6)7(2)8(3)14(9,12)13/h4-5,7-8H,1-3H3,(H2,9,12,13)/t7-,8+/m0/s1. The van der Waals surface area contributed by atoms with E-state index in [1.807, 2.05) is 13.0 Å². The van der Waals surface area contributed by atoms with Crippen LogP contribution in [0.4, 0.5) is 0 Å². The predicted molar refractivity (Wildman–Crippen MR) is 54.2 cm³/mol. The van der Waals surface area contributed by atoms with Gasteiger partial charge >= 0.3 is 0 Å². The Morgan fingerprint density at radius 3 is 2.43 bits per heavy atom. The van der Waals surface area contributed by atoms with Gasteiger partial charge in [0.25, 0.3) is 0 Å². The van der Waals surface area contributed by atoms with Crippen LogP contribution in [0.3, 0.4) is 0 Å². The van der Waals surface area contributed by atoms with E-state index in [4.69, 9.17) is 5.14 Å². The van der Waals surface area contributed by atoms with Crippen LogP contribution in [0.2, 0.25) is 0 Å². The molecule has 0 aliphatic carbocycles. The van der Waals surface area contributed by atoms with Gasteiger partial charge in [-0.05, 0) is 26.8 Å². The molecule has 0 bridgehead atoms. The van der Waals surface area contributed by atoms with Gasteiger partial charge in [-0.3, -0.25) is 4.68 Å². The number of aromatic nitrogens is 2. The fourth-order valence-electron chi connectivity index (χ4n) is 1.15. The Bertz CT molecular complexity index is 410. The molecule has 2 N–H and O–H groups in total. The Balaban J connectivity index is 2.91. The Hall–Kier alpha value is -0.880. The summed E-state index contributed by atoms with van der Waals surface area (Å²) in [4.78, 5) is 0. The molecule has 80 valence electrons. The van der Waals surface area contributed by atoms with Gasteiger partial charge in [0.2, 0.25) is 10.0 Å². The molecule has 0 saturated heterocycles. The normalized spacial score (nSPS) is 16.6. The van der Waals surface area contributed by atoms with E-state index in [-0.39, 0.29) is 6.04 Å². The first-order valence-electron chi connectivity index (χ1n) is 4.35. The summed E-state index contributed by atoms with van der Waals surface area (Å²) in [7, 11) is -3.50. The minimum Gasteiger partial charge on any atom is -0.268 e. The van der Waals surface area contributed by atoms with Crippen molar-refractivity contribution >= 4 is 10.0 Å². The SMILES string of the molecule is Cc1ccn([C@@H](C)[C@@H](C)S(N)(=O)=O)n1. The molecule has 0 aliphatic heterocycles. The fraction of sp³-hybridized carbons (Fsp3) is 0.625. The lowest BCUT2D eigenvalue weighted by Crippen LogP contribution is -2.33. The number of hydrogen-bond acceptors (Lipinski definition) is 3. The first-order valence-corrected chi connectivity index (χ1v) is 5.96. The third-order valence-corrected chi connectivity index (χ3v) is 3.79. The molecule has 6 heteroatoms. The Morgan fingerprint density at radius 2 is 2.07 bits per heavy atom. The van der Waals surface area contributed by atoms with E-state index in [1.54, 1.807) is 24.7 Å². The lowest BCUT2D eigenvalue weighted by atomic mass is 10.2. The maximum atomic E-state index is 11.1. The van der Waals surface area contributed by atoms with Gasteiger partial charge in [0, 0.05) is 6.20 Å². The summed E-state index contributed by atoms with van der Waals surface area (Å²) in [6, 6.07) is 1.57. The monoisotopic (exact) mass is 217 g/mol. The van der Waals surface area contributed by atoms with E-state index in [0.29, 0.717) is 0 Å². The molecule has 14 heavy (non-hydrogen) atoms. The Labute approximate surface area is 84.0 Å². The molecule has 0 amide bonds. The van der Waals surface area contributed by atoms with E-state index in [1.165, 1.54) is 0 Å². The zero-order valence-electron chi connectivity index (χ0n) is 8.51. The van der Waals surface area contributed by atoms with Gasteiger partial charge in [-0.1, -0.05) is 0 Å². The lowest BCUT2D eigenvalue weighted by molar-refractivity contribution is 0.463. The van der Waals surface area contributed by atoms with Crippen LogP contribution in [0.5, 0.6) is 0 Å². The molecule has 0 saturated carbocycles. The van der Waals surface area contributed by atoms with E-state index in [9.17, 15) is 8.42 Å². The molecule has 0 fully saturated rings. The zero-order valence-corrected chi connectivity index (χ0v) is 9.32. The second-order valence-electron chi connectivity index (χ2n) is 3.47.